The molecule has 0 unspecified atom stereocenters. The molecule has 0 spiro atoms. The van der Waals surface area contributed by atoms with E-state index in [4.69, 9.17) is 0 Å². The van der Waals surface area contributed by atoms with E-state index in [0.717, 1.165) is 12.1 Å². The van der Waals surface area contributed by atoms with E-state index >= 15 is 0 Å². The van der Waals surface area contributed by atoms with Gasteiger partial charge >= 0.3 is 0 Å². The highest BCUT2D eigenvalue weighted by atomic mass is 16.3. The molecule has 2 aromatic rings. The summed E-state index contributed by atoms with van der Waals surface area (Å²) < 4.78 is 0. The molecule has 4 rings (SSSR count). The molecule has 158 valence electrons. The molecular formula is C24H29N3O3. The van der Waals surface area contributed by atoms with Gasteiger partial charge < -0.3 is 20.6 Å². The number of rotatable bonds is 6. The minimum Gasteiger partial charge on any atom is -0.508 e. The highest BCUT2D eigenvalue weighted by molar-refractivity contribution is 5.97. The monoisotopic (exact) mass is 407 g/mol. The van der Waals surface area contributed by atoms with Gasteiger partial charge in [-0.3, -0.25) is 9.59 Å². The Balaban J connectivity index is 1.35. The Labute approximate surface area is 177 Å². The maximum Gasteiger partial charge on any atom is 0.246 e. The molecule has 2 aliphatic rings. The Morgan fingerprint density at radius 3 is 2.40 bits per heavy atom. The zero-order chi connectivity index (χ0) is 21.3. The average molecular weight is 408 g/mol. The molecule has 2 amide bonds. The van der Waals surface area contributed by atoms with Crippen molar-refractivity contribution in [3.63, 3.8) is 0 Å². The van der Waals surface area contributed by atoms with Crippen molar-refractivity contribution in [1.29, 1.82) is 0 Å². The largest absolute Gasteiger partial charge is 0.508 e. The zero-order valence-electron chi connectivity index (χ0n) is 17.5. The zero-order valence-corrected chi connectivity index (χ0v) is 17.5. The Kier molecular flexibility index (Phi) is 5.77. The van der Waals surface area contributed by atoms with E-state index in [2.05, 4.69) is 48.7 Å². The third kappa shape index (κ3) is 4.33. The van der Waals surface area contributed by atoms with Crippen LogP contribution in [-0.4, -0.2) is 46.5 Å². The molecule has 2 aliphatic heterocycles. The molecule has 6 nitrogen and oxygen atoms in total. The average Bonchev–Trinajstić information content (AvgIpc) is 3.17. The smallest absolute Gasteiger partial charge is 0.246 e. The lowest BCUT2D eigenvalue weighted by atomic mass is 10.0. The summed E-state index contributed by atoms with van der Waals surface area (Å²) in [5, 5.41) is 15.8. The number of hydrogen-bond acceptors (Lipinski definition) is 4. The number of nitrogens with one attached hydrogen (secondary N) is 2. The van der Waals surface area contributed by atoms with Crippen molar-refractivity contribution in [3.05, 3.63) is 65.2 Å². The first kappa shape index (κ1) is 20.4. The topological polar surface area (TPSA) is 81.7 Å². The second kappa shape index (κ2) is 8.48. The molecule has 0 bridgehead atoms. The van der Waals surface area contributed by atoms with Crippen molar-refractivity contribution < 1.29 is 14.7 Å². The van der Waals surface area contributed by atoms with Crippen molar-refractivity contribution in [2.24, 2.45) is 0 Å². The molecule has 2 saturated heterocycles. The third-order valence-corrected chi connectivity index (χ3v) is 6.12. The lowest BCUT2D eigenvalue weighted by Crippen LogP contribution is -2.61. The van der Waals surface area contributed by atoms with E-state index in [9.17, 15) is 14.7 Å². The second-order valence-corrected chi connectivity index (χ2v) is 8.65. The van der Waals surface area contributed by atoms with E-state index in [-0.39, 0.29) is 23.6 Å². The maximum atomic E-state index is 13.0. The minimum atomic E-state index is -0.555. The fourth-order valence-electron chi connectivity index (χ4n) is 4.29. The fourth-order valence-corrected chi connectivity index (χ4v) is 4.29. The highest BCUT2D eigenvalue weighted by Gasteiger charge is 2.46. The molecule has 0 radical (unpaired) electrons. The predicted octanol–water partition coefficient (Wildman–Crippen LogP) is 2.32. The molecule has 3 N–H and O–H groups in total. The van der Waals surface area contributed by atoms with Crippen molar-refractivity contribution in [2.75, 3.05) is 6.54 Å². The molecular weight excluding hydrogens is 378 g/mol. The number of carbonyl (C=O) groups excluding carboxylic acids is 2. The van der Waals surface area contributed by atoms with Gasteiger partial charge in [0, 0.05) is 25.6 Å². The second-order valence-electron chi connectivity index (χ2n) is 8.65. The van der Waals surface area contributed by atoms with Crippen LogP contribution in [0.1, 0.15) is 42.9 Å². The van der Waals surface area contributed by atoms with Gasteiger partial charge in [-0.25, -0.2) is 0 Å². The summed E-state index contributed by atoms with van der Waals surface area (Å²) in [6, 6.07) is 14.5. The van der Waals surface area contributed by atoms with E-state index in [1.807, 2.05) is 0 Å². The van der Waals surface area contributed by atoms with Crippen molar-refractivity contribution in [2.45, 2.75) is 57.3 Å². The van der Waals surface area contributed by atoms with Gasteiger partial charge in [0.05, 0.1) is 0 Å². The molecule has 0 saturated carbocycles. The van der Waals surface area contributed by atoms with Crippen LogP contribution >= 0.6 is 0 Å². The first-order chi connectivity index (χ1) is 14.4. The van der Waals surface area contributed by atoms with Crippen molar-refractivity contribution >= 4 is 11.8 Å². The number of hydrogen-bond donors (Lipinski definition) is 3. The Hall–Kier alpha value is -2.86. The van der Waals surface area contributed by atoms with Gasteiger partial charge in [-0.15, -0.1) is 0 Å². The molecule has 2 heterocycles. The number of benzene rings is 2. The molecule has 2 aromatic carbocycles. The van der Waals surface area contributed by atoms with Crippen LogP contribution < -0.4 is 10.6 Å². The van der Waals surface area contributed by atoms with Gasteiger partial charge in [-0.1, -0.05) is 50.2 Å². The van der Waals surface area contributed by atoms with Crippen molar-refractivity contribution in [1.82, 2.24) is 15.5 Å². The lowest BCUT2D eigenvalue weighted by molar-refractivity contribution is -0.147. The summed E-state index contributed by atoms with van der Waals surface area (Å²) in [7, 11) is 0. The third-order valence-electron chi connectivity index (χ3n) is 6.12. The van der Waals surface area contributed by atoms with Crippen LogP contribution in [0.4, 0.5) is 0 Å². The molecule has 0 aromatic heterocycles. The Bertz CT molecular complexity index is 908. The summed E-state index contributed by atoms with van der Waals surface area (Å²) in [6.45, 7) is 5.63. The number of amides is 2. The number of nitrogens with zero attached hydrogens (tertiary/aromatic N) is 1. The fraction of sp³-hybridized carbons (Fsp3) is 0.417. The van der Waals surface area contributed by atoms with E-state index in [0.29, 0.717) is 25.3 Å². The van der Waals surface area contributed by atoms with Crippen LogP contribution in [0.3, 0.4) is 0 Å². The summed E-state index contributed by atoms with van der Waals surface area (Å²) in [5.74, 6) is 0.587. The van der Waals surface area contributed by atoms with Crippen molar-refractivity contribution in [3.8, 4) is 5.75 Å². The van der Waals surface area contributed by atoms with Gasteiger partial charge in [0.1, 0.15) is 17.8 Å². The van der Waals surface area contributed by atoms with Crippen LogP contribution in [0.5, 0.6) is 5.75 Å². The van der Waals surface area contributed by atoms with E-state index < -0.39 is 12.1 Å². The summed E-state index contributed by atoms with van der Waals surface area (Å²) in [6.07, 6.45) is 1.06. The molecule has 2 fully saturated rings. The van der Waals surface area contributed by atoms with Crippen LogP contribution in [0, 0.1) is 0 Å². The normalized spacial score (nSPS) is 23.6. The SMILES string of the molecule is CC(C)c1ccc(CN[C@H]2C[C@H]3C(=O)N[C@@H](Cc4ccc(O)cc4)C(=O)N3C2)cc1. The van der Waals surface area contributed by atoms with Gasteiger partial charge in [0.15, 0.2) is 0 Å². The van der Waals surface area contributed by atoms with Crippen LogP contribution in [-0.2, 0) is 22.6 Å². The molecule has 30 heavy (non-hydrogen) atoms. The summed E-state index contributed by atoms with van der Waals surface area (Å²) in [4.78, 5) is 27.3. The summed E-state index contributed by atoms with van der Waals surface area (Å²) >= 11 is 0. The summed E-state index contributed by atoms with van der Waals surface area (Å²) in [5.41, 5.74) is 3.42. The van der Waals surface area contributed by atoms with E-state index in [1.54, 1.807) is 29.2 Å². The number of phenolic OH excluding ortho intramolecular Hbond substituents is 1. The Morgan fingerprint density at radius 1 is 1.07 bits per heavy atom. The predicted molar refractivity (Wildman–Crippen MR) is 115 cm³/mol. The minimum absolute atomic E-state index is 0.0294. The van der Waals surface area contributed by atoms with Gasteiger partial charge in [-0.05, 0) is 41.2 Å². The number of aromatic hydroxyl groups is 1. The Morgan fingerprint density at radius 2 is 1.73 bits per heavy atom. The molecule has 6 heteroatoms. The first-order valence-corrected chi connectivity index (χ1v) is 10.6. The highest BCUT2D eigenvalue weighted by Crippen LogP contribution is 2.25. The molecule has 3 atom stereocenters. The van der Waals surface area contributed by atoms with Gasteiger partial charge in [-0.2, -0.15) is 0 Å². The number of fused-ring (bicyclic) bond motifs is 1. The molecule has 0 aliphatic carbocycles. The van der Waals surface area contributed by atoms with Gasteiger partial charge in [0.25, 0.3) is 0 Å². The van der Waals surface area contributed by atoms with Crippen LogP contribution in [0.2, 0.25) is 0 Å². The van der Waals surface area contributed by atoms with Crippen LogP contribution in [0.25, 0.3) is 0 Å². The number of carbonyl (C=O) groups is 2. The first-order valence-electron chi connectivity index (χ1n) is 10.6. The maximum absolute atomic E-state index is 13.0. The lowest BCUT2D eigenvalue weighted by Gasteiger charge is -2.34. The standard InChI is InChI=1S/C24H29N3O3/c1-15(2)18-7-3-17(4-8-18)13-25-19-12-22-23(29)26-21(24(30)27(22)14-19)11-16-5-9-20(28)10-6-16/h3-10,15,19,21-22,25,28H,11-14H2,1-2H3,(H,26,29)/t19-,21-,22-/m0/s1. The van der Waals surface area contributed by atoms with Crippen LogP contribution in [0.15, 0.2) is 48.5 Å². The van der Waals surface area contributed by atoms with E-state index in [1.165, 1.54) is 11.1 Å². The number of piperazine rings is 1. The quantitative estimate of drug-likeness (QED) is 0.686. The van der Waals surface area contributed by atoms with Gasteiger partial charge in [0.2, 0.25) is 11.8 Å². The number of phenols is 1.